The van der Waals surface area contributed by atoms with E-state index in [0.29, 0.717) is 16.6 Å². The Morgan fingerprint density at radius 1 is 0.897 bits per heavy atom. The Morgan fingerprint density at radius 2 is 1.55 bits per heavy atom. The number of hydrogen-bond donors (Lipinski definition) is 1. The Morgan fingerprint density at radius 3 is 2.17 bits per heavy atom. The molecule has 0 heterocycles. The van der Waals surface area contributed by atoms with E-state index in [1.807, 2.05) is 49.3 Å². The lowest BCUT2D eigenvalue weighted by atomic mass is 9.86. The van der Waals surface area contributed by atoms with Gasteiger partial charge in [-0.15, -0.1) is 11.8 Å². The molecule has 0 bridgehead atoms. The van der Waals surface area contributed by atoms with Crippen LogP contribution in [0.15, 0.2) is 77.7 Å². The second kappa shape index (κ2) is 10.5. The highest BCUT2D eigenvalue weighted by Gasteiger charge is 2.23. The third-order valence-corrected chi connectivity index (χ3v) is 6.39. The highest BCUT2D eigenvalue weighted by atomic mass is 35.5. The zero-order valence-corrected chi connectivity index (χ0v) is 18.9. The van der Waals surface area contributed by atoms with Crippen molar-refractivity contribution >= 4 is 35.0 Å². The summed E-state index contributed by atoms with van der Waals surface area (Å²) in [6.45, 7) is 0.602. The second-order valence-corrected chi connectivity index (χ2v) is 9.20. The molecular weight excluding hydrogens is 421 g/mol. The van der Waals surface area contributed by atoms with Crippen LogP contribution in [0.2, 0.25) is 10.0 Å². The number of rotatable bonds is 8. The molecule has 0 spiro atoms. The molecule has 2 unspecified atom stereocenters. The summed E-state index contributed by atoms with van der Waals surface area (Å²) in [4.78, 5) is 3.18. The summed E-state index contributed by atoms with van der Waals surface area (Å²) in [5, 5.41) is 12.2. The Bertz CT molecular complexity index is 916. The lowest BCUT2D eigenvalue weighted by Crippen LogP contribution is -2.31. The minimum Gasteiger partial charge on any atom is -0.391 e. The van der Waals surface area contributed by atoms with Crippen molar-refractivity contribution < 1.29 is 5.11 Å². The van der Waals surface area contributed by atoms with Crippen molar-refractivity contribution in [3.63, 3.8) is 0 Å². The predicted octanol–water partition coefficient (Wildman–Crippen LogP) is 6.34. The molecule has 3 aromatic carbocycles. The first-order chi connectivity index (χ1) is 13.9. The van der Waals surface area contributed by atoms with Crippen molar-refractivity contribution in [2.45, 2.75) is 22.7 Å². The van der Waals surface area contributed by atoms with Crippen LogP contribution in [0.4, 0.5) is 0 Å². The molecule has 0 fully saturated rings. The first-order valence-corrected chi connectivity index (χ1v) is 11.2. The molecule has 0 radical (unpaired) electrons. The number of aliphatic hydroxyl groups is 1. The fourth-order valence-corrected chi connectivity index (χ4v) is 4.80. The van der Waals surface area contributed by atoms with Crippen LogP contribution in [-0.4, -0.2) is 36.8 Å². The van der Waals surface area contributed by atoms with E-state index in [2.05, 4.69) is 36.4 Å². The SMILES string of the molecule is CN(C)CC(O)C(c1ccccc1)c1ccc(SCc2ccc(Cl)cc2Cl)cc1. The average molecular weight is 446 g/mol. The number of likely N-dealkylation sites (N-methyl/N-ethyl adjacent to an activating group) is 1. The summed E-state index contributed by atoms with van der Waals surface area (Å²) in [5.74, 6) is 0.712. The van der Waals surface area contributed by atoms with E-state index < -0.39 is 6.10 Å². The molecule has 0 saturated carbocycles. The van der Waals surface area contributed by atoms with Gasteiger partial charge in [0.2, 0.25) is 0 Å². The van der Waals surface area contributed by atoms with Crippen molar-refractivity contribution in [1.29, 1.82) is 0 Å². The van der Waals surface area contributed by atoms with Crippen LogP contribution < -0.4 is 0 Å². The summed E-state index contributed by atoms with van der Waals surface area (Å²) >= 11 is 14.0. The molecule has 3 aromatic rings. The molecule has 3 rings (SSSR count). The number of aliphatic hydroxyl groups excluding tert-OH is 1. The smallest absolute Gasteiger partial charge is 0.0775 e. The highest BCUT2D eigenvalue weighted by molar-refractivity contribution is 7.98. The van der Waals surface area contributed by atoms with Crippen molar-refractivity contribution in [2.24, 2.45) is 0 Å². The van der Waals surface area contributed by atoms with E-state index in [-0.39, 0.29) is 5.92 Å². The van der Waals surface area contributed by atoms with Crippen molar-refractivity contribution in [1.82, 2.24) is 4.90 Å². The van der Waals surface area contributed by atoms with Gasteiger partial charge in [0.15, 0.2) is 0 Å². The van der Waals surface area contributed by atoms with Crippen LogP contribution >= 0.6 is 35.0 Å². The van der Waals surface area contributed by atoms with E-state index >= 15 is 0 Å². The van der Waals surface area contributed by atoms with Gasteiger partial charge in [-0.3, -0.25) is 0 Å². The number of halogens is 2. The molecule has 0 aliphatic carbocycles. The maximum absolute atomic E-state index is 10.9. The van der Waals surface area contributed by atoms with Crippen molar-refractivity contribution in [3.8, 4) is 0 Å². The number of benzene rings is 3. The third kappa shape index (κ3) is 6.24. The second-order valence-electron chi connectivity index (χ2n) is 7.31. The molecule has 5 heteroatoms. The Kier molecular flexibility index (Phi) is 8.05. The first-order valence-electron chi connectivity index (χ1n) is 9.48. The number of hydrogen-bond acceptors (Lipinski definition) is 3. The molecule has 0 aliphatic heterocycles. The molecule has 29 heavy (non-hydrogen) atoms. The molecule has 152 valence electrons. The van der Waals surface area contributed by atoms with Crippen molar-refractivity contribution in [3.05, 3.63) is 99.5 Å². The molecule has 2 atom stereocenters. The summed E-state index contributed by atoms with van der Waals surface area (Å²) in [6.07, 6.45) is -0.487. The van der Waals surface area contributed by atoms with Crippen LogP contribution in [-0.2, 0) is 5.75 Å². The molecule has 0 aromatic heterocycles. The molecule has 0 amide bonds. The normalized spacial score (nSPS) is 13.4. The van der Waals surface area contributed by atoms with Crippen molar-refractivity contribution in [2.75, 3.05) is 20.6 Å². The van der Waals surface area contributed by atoms with Gasteiger partial charge in [-0.1, -0.05) is 71.7 Å². The maximum atomic E-state index is 10.9. The van der Waals surface area contributed by atoms with E-state index in [9.17, 15) is 5.11 Å². The van der Waals surface area contributed by atoms with E-state index in [1.54, 1.807) is 17.8 Å². The largest absolute Gasteiger partial charge is 0.391 e. The lowest BCUT2D eigenvalue weighted by Gasteiger charge is -2.26. The van der Waals surface area contributed by atoms with Gasteiger partial charge in [0, 0.05) is 33.2 Å². The van der Waals surface area contributed by atoms with E-state index in [1.165, 1.54) is 0 Å². The van der Waals surface area contributed by atoms with Crippen LogP contribution in [0.1, 0.15) is 22.6 Å². The van der Waals surface area contributed by atoms with Gasteiger partial charge in [0.1, 0.15) is 0 Å². The quantitative estimate of drug-likeness (QED) is 0.409. The van der Waals surface area contributed by atoms with E-state index in [0.717, 1.165) is 27.3 Å². The number of nitrogens with zero attached hydrogens (tertiary/aromatic N) is 1. The average Bonchev–Trinajstić information content (AvgIpc) is 2.69. The van der Waals surface area contributed by atoms with Gasteiger partial charge in [0.25, 0.3) is 0 Å². The van der Waals surface area contributed by atoms with E-state index in [4.69, 9.17) is 23.2 Å². The Labute approximate surface area is 187 Å². The van der Waals surface area contributed by atoms with Gasteiger partial charge >= 0.3 is 0 Å². The zero-order chi connectivity index (χ0) is 20.8. The Hall–Kier alpha value is -1.49. The summed E-state index contributed by atoms with van der Waals surface area (Å²) < 4.78 is 0. The highest BCUT2D eigenvalue weighted by Crippen LogP contribution is 2.32. The summed E-state index contributed by atoms with van der Waals surface area (Å²) in [7, 11) is 3.96. The van der Waals surface area contributed by atoms with Gasteiger partial charge in [-0.05, 0) is 55.1 Å². The van der Waals surface area contributed by atoms with Gasteiger partial charge in [0.05, 0.1) is 6.10 Å². The molecule has 0 saturated heterocycles. The van der Waals surface area contributed by atoms with Crippen LogP contribution in [0.5, 0.6) is 0 Å². The summed E-state index contributed by atoms with van der Waals surface area (Å²) in [6, 6.07) is 24.3. The maximum Gasteiger partial charge on any atom is 0.0775 e. The molecule has 0 aliphatic rings. The topological polar surface area (TPSA) is 23.5 Å². The summed E-state index contributed by atoms with van der Waals surface area (Å²) in [5.41, 5.74) is 3.29. The fourth-order valence-electron chi connectivity index (χ4n) is 3.35. The van der Waals surface area contributed by atoms with Crippen LogP contribution in [0, 0.1) is 0 Å². The minimum absolute atomic E-state index is 0.0663. The first kappa shape index (κ1) is 22.2. The molecule has 1 N–H and O–H groups in total. The van der Waals surface area contributed by atoms with Gasteiger partial charge in [-0.25, -0.2) is 0 Å². The monoisotopic (exact) mass is 445 g/mol. The minimum atomic E-state index is -0.487. The zero-order valence-electron chi connectivity index (χ0n) is 16.6. The van der Waals surface area contributed by atoms with Crippen LogP contribution in [0.3, 0.4) is 0 Å². The van der Waals surface area contributed by atoms with Gasteiger partial charge < -0.3 is 10.0 Å². The third-order valence-electron chi connectivity index (χ3n) is 4.74. The Balaban J connectivity index is 1.76. The molecular formula is C24H25Cl2NOS. The van der Waals surface area contributed by atoms with Crippen LogP contribution in [0.25, 0.3) is 0 Å². The standard InChI is InChI=1S/C24H25Cl2NOS/c1-27(2)15-23(28)24(17-6-4-3-5-7-17)18-9-12-21(13-10-18)29-16-19-8-11-20(25)14-22(19)26/h3-14,23-24,28H,15-16H2,1-2H3. The molecule has 2 nitrogen and oxygen atoms in total. The number of thioether (sulfide) groups is 1. The van der Waals surface area contributed by atoms with Gasteiger partial charge in [-0.2, -0.15) is 0 Å². The fraction of sp³-hybridized carbons (Fsp3) is 0.250. The predicted molar refractivity (Wildman–Crippen MR) is 125 cm³/mol. The lowest BCUT2D eigenvalue weighted by molar-refractivity contribution is 0.121.